The zero-order valence-corrected chi connectivity index (χ0v) is 7.11. The molecular formula is C7H12O7. The molecule has 0 saturated heterocycles. The molecule has 0 radical (unpaired) electrons. The van der Waals surface area contributed by atoms with Crippen molar-refractivity contribution >= 4 is 5.97 Å². The summed E-state index contributed by atoms with van der Waals surface area (Å²) in [5.74, 6) is -2.60. The average molecular weight is 208 g/mol. The van der Waals surface area contributed by atoms with Gasteiger partial charge >= 0.3 is 5.97 Å². The highest BCUT2D eigenvalue weighted by Crippen LogP contribution is 2.09. The summed E-state index contributed by atoms with van der Waals surface area (Å²) < 4.78 is 0. The second-order valence-electron chi connectivity index (χ2n) is 2.70. The summed E-state index contributed by atoms with van der Waals surface area (Å²) in [6.45, 7) is 2.87. The molecule has 0 aliphatic carbocycles. The lowest BCUT2D eigenvalue weighted by atomic mass is 10.0. The van der Waals surface area contributed by atoms with Crippen LogP contribution in [-0.4, -0.2) is 61.0 Å². The van der Waals surface area contributed by atoms with Crippen molar-refractivity contribution in [2.75, 3.05) is 0 Å². The normalized spacial score (nSPS) is 19.4. The van der Waals surface area contributed by atoms with Gasteiger partial charge in [0.15, 0.2) is 6.10 Å². The molecule has 0 aromatic carbocycles. The topological polar surface area (TPSA) is 138 Å². The smallest absolute Gasteiger partial charge is 0.335 e. The SMILES string of the molecule is C=C(O)C(O)C(O)C(O)C(O)C(=O)O. The van der Waals surface area contributed by atoms with E-state index in [9.17, 15) is 4.79 Å². The lowest BCUT2D eigenvalue weighted by molar-refractivity contribution is -0.162. The number of carboxylic acids is 1. The number of carboxylic acid groups (broad SMARTS) is 1. The minimum Gasteiger partial charge on any atom is -0.510 e. The van der Waals surface area contributed by atoms with E-state index in [1.807, 2.05) is 0 Å². The molecule has 0 heterocycles. The van der Waals surface area contributed by atoms with Crippen molar-refractivity contribution in [1.29, 1.82) is 0 Å². The Balaban J connectivity index is 4.45. The number of carbonyl (C=O) groups is 1. The highest BCUT2D eigenvalue weighted by Gasteiger charge is 2.35. The third kappa shape index (κ3) is 2.96. The minimum absolute atomic E-state index is 0.839. The molecule has 0 fully saturated rings. The quantitative estimate of drug-likeness (QED) is 0.276. The van der Waals surface area contributed by atoms with Crippen molar-refractivity contribution in [1.82, 2.24) is 0 Å². The Bertz CT molecular complexity index is 202. The molecular weight excluding hydrogens is 196 g/mol. The van der Waals surface area contributed by atoms with E-state index >= 15 is 0 Å². The molecule has 0 aromatic heterocycles. The molecule has 14 heavy (non-hydrogen) atoms. The Morgan fingerprint density at radius 2 is 1.29 bits per heavy atom. The van der Waals surface area contributed by atoms with Crippen LogP contribution in [0.2, 0.25) is 0 Å². The van der Waals surface area contributed by atoms with Crippen LogP contribution < -0.4 is 0 Å². The molecule has 4 unspecified atom stereocenters. The van der Waals surface area contributed by atoms with E-state index in [2.05, 4.69) is 6.58 Å². The number of aliphatic hydroxyl groups excluding tert-OH is 5. The first-order valence-electron chi connectivity index (χ1n) is 3.62. The van der Waals surface area contributed by atoms with Gasteiger partial charge in [0.2, 0.25) is 0 Å². The second-order valence-corrected chi connectivity index (χ2v) is 2.70. The average Bonchev–Trinajstić information content (AvgIpc) is 2.12. The molecule has 0 bridgehead atoms. The van der Waals surface area contributed by atoms with Crippen LogP contribution in [0.25, 0.3) is 0 Å². The number of hydrogen-bond donors (Lipinski definition) is 6. The van der Waals surface area contributed by atoms with Crippen molar-refractivity contribution in [2.24, 2.45) is 0 Å². The minimum atomic E-state index is -2.25. The van der Waals surface area contributed by atoms with E-state index in [-0.39, 0.29) is 0 Å². The van der Waals surface area contributed by atoms with Gasteiger partial charge in [0.25, 0.3) is 0 Å². The zero-order valence-electron chi connectivity index (χ0n) is 7.11. The van der Waals surface area contributed by atoms with Gasteiger partial charge < -0.3 is 30.6 Å². The van der Waals surface area contributed by atoms with Crippen molar-refractivity contribution in [2.45, 2.75) is 24.4 Å². The lowest BCUT2D eigenvalue weighted by Gasteiger charge is -2.23. The highest BCUT2D eigenvalue weighted by atomic mass is 16.4. The van der Waals surface area contributed by atoms with Gasteiger partial charge in [0, 0.05) is 0 Å². The summed E-state index contributed by atoms with van der Waals surface area (Å²) in [6, 6.07) is 0. The molecule has 6 N–H and O–H groups in total. The molecule has 0 saturated carbocycles. The van der Waals surface area contributed by atoms with Crippen LogP contribution in [0.3, 0.4) is 0 Å². The fraction of sp³-hybridized carbons (Fsp3) is 0.571. The maximum atomic E-state index is 10.1. The molecule has 0 aliphatic heterocycles. The van der Waals surface area contributed by atoms with Gasteiger partial charge in [-0.1, -0.05) is 6.58 Å². The molecule has 0 spiro atoms. The van der Waals surface area contributed by atoms with Crippen molar-refractivity contribution < 1.29 is 35.4 Å². The van der Waals surface area contributed by atoms with Gasteiger partial charge in [0.1, 0.15) is 24.1 Å². The van der Waals surface area contributed by atoms with E-state index in [0.717, 1.165) is 0 Å². The Kier molecular flexibility index (Phi) is 4.51. The standard InChI is InChI=1S/C7H12O7/c1-2(8)3(9)4(10)5(11)6(12)7(13)14/h3-6,8-12H,1H2,(H,13,14). The Morgan fingerprint density at radius 3 is 1.57 bits per heavy atom. The second kappa shape index (κ2) is 4.91. The Labute approximate surface area is 79.2 Å². The molecule has 7 nitrogen and oxygen atoms in total. The van der Waals surface area contributed by atoms with Gasteiger partial charge in [-0.25, -0.2) is 4.79 Å². The van der Waals surface area contributed by atoms with Crippen LogP contribution in [0.15, 0.2) is 12.3 Å². The summed E-state index contributed by atoms with van der Waals surface area (Å²) in [6.07, 6.45) is -8.32. The van der Waals surface area contributed by atoms with Crippen molar-refractivity contribution in [3.8, 4) is 0 Å². The van der Waals surface area contributed by atoms with E-state index < -0.39 is 36.1 Å². The van der Waals surface area contributed by atoms with Crippen molar-refractivity contribution in [3.05, 3.63) is 12.3 Å². The predicted octanol–water partition coefficient (Wildman–Crippen LogP) is -2.41. The lowest BCUT2D eigenvalue weighted by Crippen LogP contribution is -2.48. The fourth-order valence-electron chi connectivity index (χ4n) is 0.717. The molecule has 82 valence electrons. The fourth-order valence-corrected chi connectivity index (χ4v) is 0.717. The van der Waals surface area contributed by atoms with E-state index in [1.54, 1.807) is 0 Å². The number of hydrogen-bond acceptors (Lipinski definition) is 6. The number of aliphatic hydroxyl groups is 5. The molecule has 0 rings (SSSR count). The summed E-state index contributed by atoms with van der Waals surface area (Å²) in [5, 5.41) is 52.6. The maximum absolute atomic E-state index is 10.1. The van der Waals surface area contributed by atoms with Gasteiger partial charge in [-0.2, -0.15) is 0 Å². The number of rotatable bonds is 5. The molecule has 0 aromatic rings. The number of aliphatic carboxylic acids is 1. The van der Waals surface area contributed by atoms with Crippen LogP contribution in [-0.2, 0) is 4.79 Å². The van der Waals surface area contributed by atoms with Crippen LogP contribution in [0.1, 0.15) is 0 Å². The zero-order chi connectivity index (χ0) is 11.5. The first kappa shape index (κ1) is 12.8. The summed E-state index contributed by atoms with van der Waals surface area (Å²) in [5.41, 5.74) is 0. The van der Waals surface area contributed by atoms with E-state index in [4.69, 9.17) is 30.6 Å². The van der Waals surface area contributed by atoms with Crippen LogP contribution in [0.4, 0.5) is 0 Å². The third-order valence-corrected chi connectivity index (χ3v) is 1.59. The molecule has 0 aliphatic rings. The van der Waals surface area contributed by atoms with Gasteiger partial charge in [0.05, 0.1) is 0 Å². The van der Waals surface area contributed by atoms with Crippen LogP contribution >= 0.6 is 0 Å². The summed E-state index contributed by atoms with van der Waals surface area (Å²) in [4.78, 5) is 10.1. The highest BCUT2D eigenvalue weighted by molar-refractivity contribution is 5.72. The third-order valence-electron chi connectivity index (χ3n) is 1.59. The first-order valence-corrected chi connectivity index (χ1v) is 3.62. The van der Waals surface area contributed by atoms with Gasteiger partial charge in [-0.3, -0.25) is 0 Å². The van der Waals surface area contributed by atoms with Crippen LogP contribution in [0, 0.1) is 0 Å². The first-order chi connectivity index (χ1) is 6.29. The monoisotopic (exact) mass is 208 g/mol. The van der Waals surface area contributed by atoms with E-state index in [1.165, 1.54) is 0 Å². The summed E-state index contributed by atoms with van der Waals surface area (Å²) >= 11 is 0. The maximum Gasteiger partial charge on any atom is 0.335 e. The molecule has 0 amide bonds. The van der Waals surface area contributed by atoms with Gasteiger partial charge in [-0.15, -0.1) is 0 Å². The summed E-state index contributed by atoms with van der Waals surface area (Å²) in [7, 11) is 0. The molecule has 7 heteroatoms. The van der Waals surface area contributed by atoms with Gasteiger partial charge in [-0.05, 0) is 0 Å². The van der Waals surface area contributed by atoms with Crippen LogP contribution in [0.5, 0.6) is 0 Å². The van der Waals surface area contributed by atoms with Crippen molar-refractivity contribution in [3.63, 3.8) is 0 Å². The Morgan fingerprint density at radius 1 is 0.929 bits per heavy atom. The largest absolute Gasteiger partial charge is 0.510 e. The Hall–Kier alpha value is -1.15. The predicted molar refractivity (Wildman–Crippen MR) is 43.4 cm³/mol. The molecule has 4 atom stereocenters. The van der Waals surface area contributed by atoms with E-state index in [0.29, 0.717) is 0 Å².